The van der Waals surface area contributed by atoms with Crippen LogP contribution in [0.4, 0.5) is 0 Å². The number of aryl methyl sites for hydroxylation is 1. The average molecular weight is 400 g/mol. The number of hydrogen-bond donors (Lipinski definition) is 0. The number of carbonyl (C=O) groups is 1. The predicted octanol–water partition coefficient (Wildman–Crippen LogP) is 4.81. The third-order valence-electron chi connectivity index (χ3n) is 5.41. The maximum atomic E-state index is 12.8. The van der Waals surface area contributed by atoms with Crippen molar-refractivity contribution in [3.63, 3.8) is 0 Å². The Balaban J connectivity index is 1.51. The minimum Gasteiger partial charge on any atom is -0.460 e. The van der Waals surface area contributed by atoms with Crippen molar-refractivity contribution >= 4 is 23.0 Å². The fourth-order valence-electron chi connectivity index (χ4n) is 3.50. The summed E-state index contributed by atoms with van der Waals surface area (Å²) >= 11 is 0. The molecule has 0 radical (unpaired) electrons. The zero-order chi connectivity index (χ0) is 21.1. The number of amides is 1. The first-order valence-corrected chi connectivity index (χ1v) is 9.98. The lowest BCUT2D eigenvalue weighted by Gasteiger charge is -2.24. The smallest absolute Gasteiger partial charge is 0.246 e. The van der Waals surface area contributed by atoms with Crippen LogP contribution in [0, 0.1) is 0 Å². The van der Waals surface area contributed by atoms with Gasteiger partial charge in [-0.2, -0.15) is 5.10 Å². The van der Waals surface area contributed by atoms with Crippen LogP contribution in [0.2, 0.25) is 0 Å². The van der Waals surface area contributed by atoms with E-state index in [2.05, 4.69) is 10.1 Å². The minimum atomic E-state index is -0.0707. The number of rotatable bonds is 6. The highest BCUT2D eigenvalue weighted by molar-refractivity contribution is 5.96. The van der Waals surface area contributed by atoms with Gasteiger partial charge in [-0.1, -0.05) is 37.3 Å². The molecule has 2 aromatic heterocycles. The number of furan rings is 1. The lowest BCUT2D eigenvalue weighted by Crippen LogP contribution is -2.28. The number of fused-ring (bicyclic) bond motifs is 1. The molecule has 0 aliphatic heterocycles. The zero-order valence-electron chi connectivity index (χ0n) is 17.3. The van der Waals surface area contributed by atoms with Crippen molar-refractivity contribution in [3.05, 3.63) is 84.1 Å². The SMILES string of the molecule is CCc1oc2ccccc2c1C=CC(=O)N(C)C(C)c1ccc(-n2cncn2)cc1. The van der Waals surface area contributed by atoms with Gasteiger partial charge in [-0.05, 0) is 36.8 Å². The predicted molar refractivity (Wildman–Crippen MR) is 117 cm³/mol. The number of aromatic nitrogens is 3. The molecule has 2 heterocycles. The molecule has 152 valence electrons. The molecule has 4 rings (SSSR count). The third kappa shape index (κ3) is 3.76. The number of benzene rings is 2. The van der Waals surface area contributed by atoms with E-state index in [0.717, 1.165) is 40.0 Å². The van der Waals surface area contributed by atoms with Gasteiger partial charge in [-0.15, -0.1) is 0 Å². The lowest BCUT2D eigenvalue weighted by molar-refractivity contribution is -0.126. The molecule has 30 heavy (non-hydrogen) atoms. The Morgan fingerprint density at radius 1 is 1.20 bits per heavy atom. The van der Waals surface area contributed by atoms with Crippen LogP contribution in [0.1, 0.15) is 36.8 Å². The van der Waals surface area contributed by atoms with E-state index in [0.29, 0.717) is 0 Å². The van der Waals surface area contributed by atoms with Gasteiger partial charge >= 0.3 is 0 Å². The standard InChI is InChI=1S/C24H24N4O2/c1-4-22-21(20-7-5-6-8-23(20)30-22)13-14-24(29)27(3)17(2)18-9-11-19(12-10-18)28-16-25-15-26-28/h5-17H,4H2,1-3H3. The molecule has 0 saturated carbocycles. The third-order valence-corrected chi connectivity index (χ3v) is 5.41. The normalized spacial score (nSPS) is 12.5. The van der Waals surface area contributed by atoms with Gasteiger partial charge in [0.2, 0.25) is 5.91 Å². The molecule has 1 unspecified atom stereocenters. The topological polar surface area (TPSA) is 64.2 Å². The molecule has 0 spiro atoms. The monoisotopic (exact) mass is 400 g/mol. The quantitative estimate of drug-likeness (QED) is 0.436. The van der Waals surface area contributed by atoms with E-state index < -0.39 is 0 Å². The molecule has 1 amide bonds. The molecule has 0 aliphatic rings. The molecule has 1 atom stereocenters. The fraction of sp³-hybridized carbons (Fsp3) is 0.208. The van der Waals surface area contributed by atoms with Crippen molar-refractivity contribution in [1.29, 1.82) is 0 Å². The molecule has 2 aromatic carbocycles. The maximum Gasteiger partial charge on any atom is 0.246 e. The van der Waals surface area contributed by atoms with E-state index in [1.54, 1.807) is 22.0 Å². The Labute approximate surface area is 175 Å². The maximum absolute atomic E-state index is 12.8. The van der Waals surface area contributed by atoms with Crippen molar-refractivity contribution < 1.29 is 9.21 Å². The summed E-state index contributed by atoms with van der Waals surface area (Å²) in [4.78, 5) is 18.5. The van der Waals surface area contributed by atoms with E-state index in [1.165, 1.54) is 6.33 Å². The first-order valence-electron chi connectivity index (χ1n) is 9.98. The van der Waals surface area contributed by atoms with Crippen LogP contribution in [-0.2, 0) is 11.2 Å². The van der Waals surface area contributed by atoms with E-state index in [4.69, 9.17) is 4.42 Å². The number of nitrogens with zero attached hydrogens (tertiary/aromatic N) is 4. The number of hydrogen-bond acceptors (Lipinski definition) is 4. The van der Waals surface area contributed by atoms with Gasteiger partial charge in [-0.3, -0.25) is 4.79 Å². The van der Waals surface area contributed by atoms with Crippen LogP contribution in [0.3, 0.4) is 0 Å². The van der Waals surface area contributed by atoms with Crippen LogP contribution in [0.25, 0.3) is 22.7 Å². The van der Waals surface area contributed by atoms with Crippen molar-refractivity contribution in [2.24, 2.45) is 0 Å². The highest BCUT2D eigenvalue weighted by Gasteiger charge is 2.16. The molecule has 6 nitrogen and oxygen atoms in total. The van der Waals surface area contributed by atoms with E-state index in [9.17, 15) is 4.79 Å². The van der Waals surface area contributed by atoms with Crippen LogP contribution in [0.5, 0.6) is 0 Å². The highest BCUT2D eigenvalue weighted by Crippen LogP contribution is 2.28. The van der Waals surface area contributed by atoms with Gasteiger partial charge in [0.15, 0.2) is 0 Å². The van der Waals surface area contributed by atoms with Crippen molar-refractivity contribution in [1.82, 2.24) is 19.7 Å². The van der Waals surface area contributed by atoms with Gasteiger partial charge in [0.05, 0.1) is 11.7 Å². The van der Waals surface area contributed by atoms with Crippen molar-refractivity contribution in [2.45, 2.75) is 26.3 Å². The summed E-state index contributed by atoms with van der Waals surface area (Å²) in [5.41, 5.74) is 3.79. The first-order chi connectivity index (χ1) is 14.6. The van der Waals surface area contributed by atoms with Crippen LogP contribution in [0.15, 0.2) is 71.7 Å². The number of likely N-dealkylation sites (N-methyl/N-ethyl adjacent to an activating group) is 1. The Bertz CT molecular complexity index is 1170. The second kappa shape index (κ2) is 8.37. The van der Waals surface area contributed by atoms with Gasteiger partial charge < -0.3 is 9.32 Å². The summed E-state index contributed by atoms with van der Waals surface area (Å²) in [6.07, 6.45) is 7.42. The molecule has 4 aromatic rings. The van der Waals surface area contributed by atoms with Crippen molar-refractivity contribution in [3.8, 4) is 5.69 Å². The molecule has 0 fully saturated rings. The van der Waals surface area contributed by atoms with Crippen LogP contribution >= 0.6 is 0 Å². The molecule has 0 aliphatic carbocycles. The van der Waals surface area contributed by atoms with Gasteiger partial charge in [0.1, 0.15) is 24.0 Å². The summed E-state index contributed by atoms with van der Waals surface area (Å²) in [5, 5.41) is 5.16. The van der Waals surface area contributed by atoms with Crippen LogP contribution < -0.4 is 0 Å². The van der Waals surface area contributed by atoms with Gasteiger partial charge in [0, 0.05) is 30.5 Å². The van der Waals surface area contributed by atoms with Crippen LogP contribution in [-0.4, -0.2) is 32.6 Å². The molecule has 0 N–H and O–H groups in total. The van der Waals surface area contributed by atoms with Gasteiger partial charge in [0.25, 0.3) is 0 Å². The van der Waals surface area contributed by atoms with E-state index in [-0.39, 0.29) is 11.9 Å². The molecular formula is C24H24N4O2. The Kier molecular flexibility index (Phi) is 5.48. The fourth-order valence-corrected chi connectivity index (χ4v) is 3.50. The Hall–Kier alpha value is -3.67. The second-order valence-electron chi connectivity index (χ2n) is 7.18. The summed E-state index contributed by atoms with van der Waals surface area (Å²) in [7, 11) is 1.82. The minimum absolute atomic E-state index is 0.0600. The molecule has 6 heteroatoms. The van der Waals surface area contributed by atoms with Crippen molar-refractivity contribution in [2.75, 3.05) is 7.05 Å². The largest absolute Gasteiger partial charge is 0.460 e. The number of carbonyl (C=O) groups excluding carboxylic acids is 1. The first kappa shape index (κ1) is 19.6. The average Bonchev–Trinajstić information content (AvgIpc) is 3.44. The Morgan fingerprint density at radius 2 is 1.97 bits per heavy atom. The molecule has 0 bridgehead atoms. The second-order valence-corrected chi connectivity index (χ2v) is 7.18. The van der Waals surface area contributed by atoms with E-state index >= 15 is 0 Å². The lowest BCUT2D eigenvalue weighted by atomic mass is 10.1. The van der Waals surface area contributed by atoms with Gasteiger partial charge in [-0.25, -0.2) is 9.67 Å². The summed E-state index contributed by atoms with van der Waals surface area (Å²) < 4.78 is 7.61. The summed E-state index contributed by atoms with van der Waals surface area (Å²) in [5.74, 6) is 0.829. The number of para-hydroxylation sites is 1. The highest BCUT2D eigenvalue weighted by atomic mass is 16.3. The summed E-state index contributed by atoms with van der Waals surface area (Å²) in [6.45, 7) is 4.06. The van der Waals surface area contributed by atoms with E-state index in [1.807, 2.05) is 75.5 Å². The zero-order valence-corrected chi connectivity index (χ0v) is 17.3. The summed E-state index contributed by atoms with van der Waals surface area (Å²) in [6, 6.07) is 15.8. The molecule has 0 saturated heterocycles. The Morgan fingerprint density at radius 3 is 2.67 bits per heavy atom. The molecular weight excluding hydrogens is 376 g/mol.